The molecule has 29 heavy (non-hydrogen) atoms. The number of carbonyl (C=O) groups excluding carboxylic acids is 1. The first kappa shape index (κ1) is 19.3. The summed E-state index contributed by atoms with van der Waals surface area (Å²) in [6, 6.07) is 13.0. The van der Waals surface area contributed by atoms with E-state index in [-0.39, 0.29) is 12.5 Å². The van der Waals surface area contributed by atoms with Crippen LogP contribution < -0.4 is 14.8 Å². The Hall–Kier alpha value is -3.06. The molecule has 1 unspecified atom stereocenters. The first-order valence-corrected chi connectivity index (χ1v) is 9.87. The standard InChI is InChI=1S/C22H25N3O4/c1-28-20-16-14-25-19(15-8-4-2-5-9-15)21(27)24-22(25)23-17(16)10-11-18(20)29-13-7-3-6-12-26/h2,4-5,8-11,19,26H,3,6-7,12-14H2,1H3,(H,23,24,27). The smallest absolute Gasteiger partial charge is 0.254 e. The van der Waals surface area contributed by atoms with Crippen LogP contribution in [0.5, 0.6) is 11.5 Å². The molecule has 2 heterocycles. The lowest BCUT2D eigenvalue weighted by molar-refractivity contribution is -0.121. The maximum atomic E-state index is 12.6. The number of carbonyl (C=O) groups is 1. The molecule has 2 aliphatic rings. The first-order valence-electron chi connectivity index (χ1n) is 9.87. The van der Waals surface area contributed by atoms with E-state index in [9.17, 15) is 4.79 Å². The summed E-state index contributed by atoms with van der Waals surface area (Å²) in [5.74, 6) is 1.81. The van der Waals surface area contributed by atoms with Gasteiger partial charge in [-0.1, -0.05) is 30.3 Å². The van der Waals surface area contributed by atoms with E-state index in [4.69, 9.17) is 14.6 Å². The average Bonchev–Trinajstić information content (AvgIpc) is 3.07. The van der Waals surface area contributed by atoms with Crippen molar-refractivity contribution in [3.8, 4) is 11.5 Å². The number of rotatable bonds is 8. The molecular formula is C22H25N3O4. The highest BCUT2D eigenvalue weighted by Crippen LogP contribution is 2.43. The number of methoxy groups -OCH3 is 1. The SMILES string of the molecule is COc1c(OCCCCCO)ccc2c1CN1C(=N2)NC(=O)C1c1ccccc1. The molecule has 0 bridgehead atoms. The summed E-state index contributed by atoms with van der Waals surface area (Å²) in [6.45, 7) is 1.26. The van der Waals surface area contributed by atoms with Crippen LogP contribution in [0.3, 0.4) is 0 Å². The van der Waals surface area contributed by atoms with Crippen molar-refractivity contribution >= 4 is 17.6 Å². The van der Waals surface area contributed by atoms with E-state index in [2.05, 4.69) is 10.3 Å². The number of nitrogens with zero attached hydrogens (tertiary/aromatic N) is 2. The van der Waals surface area contributed by atoms with Gasteiger partial charge in [-0.15, -0.1) is 0 Å². The zero-order valence-electron chi connectivity index (χ0n) is 16.4. The molecule has 0 aromatic heterocycles. The van der Waals surface area contributed by atoms with Gasteiger partial charge in [0.2, 0.25) is 5.96 Å². The summed E-state index contributed by atoms with van der Waals surface area (Å²) in [5.41, 5.74) is 2.60. The third kappa shape index (κ3) is 3.78. The molecule has 2 aromatic carbocycles. The van der Waals surface area contributed by atoms with Gasteiger partial charge in [0, 0.05) is 12.2 Å². The molecule has 2 aliphatic heterocycles. The lowest BCUT2D eigenvalue weighted by Gasteiger charge is -2.29. The zero-order chi connectivity index (χ0) is 20.2. The van der Waals surface area contributed by atoms with Crippen molar-refractivity contribution in [3.63, 3.8) is 0 Å². The highest BCUT2D eigenvalue weighted by Gasteiger charge is 2.41. The Bertz CT molecular complexity index is 914. The fourth-order valence-electron chi connectivity index (χ4n) is 3.79. The highest BCUT2D eigenvalue weighted by molar-refractivity contribution is 6.08. The van der Waals surface area contributed by atoms with E-state index in [0.717, 1.165) is 36.1 Å². The molecule has 0 radical (unpaired) electrons. The predicted molar refractivity (Wildman–Crippen MR) is 109 cm³/mol. The Kier molecular flexibility index (Phi) is 5.67. The number of benzene rings is 2. The zero-order valence-corrected chi connectivity index (χ0v) is 16.4. The summed E-state index contributed by atoms with van der Waals surface area (Å²) in [7, 11) is 1.62. The molecule has 1 saturated heterocycles. The van der Waals surface area contributed by atoms with Crippen molar-refractivity contribution in [2.24, 2.45) is 4.99 Å². The fraction of sp³-hybridized carbons (Fsp3) is 0.364. The van der Waals surface area contributed by atoms with Crippen LogP contribution in [0.15, 0.2) is 47.5 Å². The molecular weight excluding hydrogens is 370 g/mol. The minimum Gasteiger partial charge on any atom is -0.492 e. The summed E-state index contributed by atoms with van der Waals surface area (Å²) >= 11 is 0. The van der Waals surface area contributed by atoms with E-state index in [0.29, 0.717) is 30.6 Å². The molecule has 2 aromatic rings. The molecule has 0 spiro atoms. The van der Waals surface area contributed by atoms with Crippen molar-refractivity contribution in [2.75, 3.05) is 20.3 Å². The number of aliphatic hydroxyl groups is 1. The molecule has 4 rings (SSSR count). The van der Waals surface area contributed by atoms with Gasteiger partial charge in [-0.25, -0.2) is 4.99 Å². The van der Waals surface area contributed by atoms with E-state index < -0.39 is 6.04 Å². The summed E-state index contributed by atoms with van der Waals surface area (Å²) in [4.78, 5) is 19.3. The summed E-state index contributed by atoms with van der Waals surface area (Å²) < 4.78 is 11.6. The Balaban J connectivity index is 1.59. The van der Waals surface area contributed by atoms with Crippen LogP contribution in [-0.2, 0) is 11.3 Å². The highest BCUT2D eigenvalue weighted by atomic mass is 16.5. The number of hydrogen-bond acceptors (Lipinski definition) is 6. The number of amides is 1. The maximum Gasteiger partial charge on any atom is 0.254 e. The molecule has 0 aliphatic carbocycles. The Morgan fingerprint density at radius 2 is 2.00 bits per heavy atom. The molecule has 7 heteroatoms. The van der Waals surface area contributed by atoms with Crippen molar-refractivity contribution in [1.82, 2.24) is 10.2 Å². The van der Waals surface area contributed by atoms with Crippen LogP contribution in [0.2, 0.25) is 0 Å². The van der Waals surface area contributed by atoms with Gasteiger partial charge in [-0.3, -0.25) is 10.1 Å². The molecule has 7 nitrogen and oxygen atoms in total. The fourth-order valence-corrected chi connectivity index (χ4v) is 3.79. The third-order valence-corrected chi connectivity index (χ3v) is 5.20. The quantitative estimate of drug-likeness (QED) is 0.672. The Labute approximate surface area is 170 Å². The van der Waals surface area contributed by atoms with Crippen molar-refractivity contribution in [2.45, 2.75) is 31.8 Å². The van der Waals surface area contributed by atoms with Crippen LogP contribution in [0, 0.1) is 0 Å². The number of nitrogens with one attached hydrogen (secondary N) is 1. The van der Waals surface area contributed by atoms with Gasteiger partial charge >= 0.3 is 0 Å². The molecule has 1 amide bonds. The first-order chi connectivity index (χ1) is 14.2. The predicted octanol–water partition coefficient (Wildman–Crippen LogP) is 2.91. The third-order valence-electron chi connectivity index (χ3n) is 5.20. The number of guanidine groups is 1. The van der Waals surface area contributed by atoms with Gasteiger partial charge in [0.05, 0.1) is 25.9 Å². The number of fused-ring (bicyclic) bond motifs is 2. The number of hydrogen-bond donors (Lipinski definition) is 2. The van der Waals surface area contributed by atoms with E-state index in [1.807, 2.05) is 47.4 Å². The topological polar surface area (TPSA) is 83.4 Å². The van der Waals surface area contributed by atoms with Gasteiger partial charge < -0.3 is 19.5 Å². The van der Waals surface area contributed by atoms with Gasteiger partial charge in [0.25, 0.3) is 5.91 Å². The van der Waals surface area contributed by atoms with Crippen LogP contribution >= 0.6 is 0 Å². The molecule has 1 atom stereocenters. The van der Waals surface area contributed by atoms with Gasteiger partial charge in [0.15, 0.2) is 11.5 Å². The maximum absolute atomic E-state index is 12.6. The monoisotopic (exact) mass is 395 g/mol. The summed E-state index contributed by atoms with van der Waals surface area (Å²) in [5, 5.41) is 11.8. The van der Waals surface area contributed by atoms with E-state index >= 15 is 0 Å². The molecule has 0 saturated carbocycles. The second kappa shape index (κ2) is 8.53. The van der Waals surface area contributed by atoms with E-state index in [1.165, 1.54) is 0 Å². The second-order valence-corrected chi connectivity index (χ2v) is 7.09. The number of unbranched alkanes of at least 4 members (excludes halogenated alkanes) is 2. The lowest BCUT2D eigenvalue weighted by atomic mass is 10.0. The van der Waals surface area contributed by atoms with Crippen molar-refractivity contribution < 1.29 is 19.4 Å². The number of ether oxygens (including phenoxy) is 2. The van der Waals surface area contributed by atoms with Gasteiger partial charge in [0.1, 0.15) is 6.04 Å². The van der Waals surface area contributed by atoms with E-state index in [1.54, 1.807) is 7.11 Å². The normalized spacial score (nSPS) is 17.3. The number of aliphatic imine (C=N–C) groups is 1. The number of aliphatic hydroxyl groups excluding tert-OH is 1. The van der Waals surface area contributed by atoms with Crippen molar-refractivity contribution in [3.05, 3.63) is 53.6 Å². The van der Waals surface area contributed by atoms with Gasteiger partial charge in [-0.2, -0.15) is 0 Å². The molecule has 152 valence electrons. The Morgan fingerprint density at radius 1 is 1.17 bits per heavy atom. The van der Waals surface area contributed by atoms with Gasteiger partial charge in [-0.05, 0) is 37.0 Å². The minimum absolute atomic E-state index is 0.0814. The van der Waals surface area contributed by atoms with Crippen LogP contribution in [0.25, 0.3) is 0 Å². The van der Waals surface area contributed by atoms with Crippen LogP contribution in [0.4, 0.5) is 5.69 Å². The lowest BCUT2D eigenvalue weighted by Crippen LogP contribution is -2.33. The van der Waals surface area contributed by atoms with Crippen LogP contribution in [0.1, 0.15) is 36.4 Å². The minimum atomic E-state index is -0.420. The van der Waals surface area contributed by atoms with Crippen molar-refractivity contribution in [1.29, 1.82) is 0 Å². The molecule has 2 N–H and O–H groups in total. The van der Waals surface area contributed by atoms with Crippen LogP contribution in [-0.4, -0.2) is 42.2 Å². The Morgan fingerprint density at radius 3 is 2.76 bits per heavy atom. The average molecular weight is 395 g/mol. The largest absolute Gasteiger partial charge is 0.492 e. The second-order valence-electron chi connectivity index (χ2n) is 7.09. The summed E-state index contributed by atoms with van der Waals surface area (Å²) in [6.07, 6.45) is 2.56. The molecule has 1 fully saturated rings.